The van der Waals surface area contributed by atoms with Gasteiger partial charge < -0.3 is 14.0 Å². The zero-order valence-corrected chi connectivity index (χ0v) is 24.9. The Morgan fingerprint density at radius 1 is 0.925 bits per heavy atom. The van der Waals surface area contributed by atoms with Crippen LogP contribution in [0, 0.1) is 0 Å². The number of carbonyl (C=O) groups excluding carboxylic acids is 1. The average Bonchev–Trinajstić information content (AvgIpc) is 2.87. The summed E-state index contributed by atoms with van der Waals surface area (Å²) in [5, 5.41) is 14.9. The van der Waals surface area contributed by atoms with Gasteiger partial charge in [0.05, 0.1) is 13.3 Å². The number of nitrogens with one attached hydrogen (secondary N) is 1. The van der Waals surface area contributed by atoms with Gasteiger partial charge in [0.1, 0.15) is 10.6 Å². The highest BCUT2D eigenvalue weighted by Crippen LogP contribution is 2.40. The van der Waals surface area contributed by atoms with Crippen LogP contribution in [0.2, 0.25) is 0 Å². The van der Waals surface area contributed by atoms with Crippen molar-refractivity contribution in [2.24, 2.45) is 5.10 Å². The fourth-order valence-electron chi connectivity index (χ4n) is 4.07. The Hall–Kier alpha value is -3.85. The average molecular weight is 567 g/mol. The van der Waals surface area contributed by atoms with Crippen LogP contribution in [0.4, 0.5) is 0 Å². The molecule has 8 nitrogen and oxygen atoms in total. The van der Waals surface area contributed by atoms with E-state index >= 15 is 0 Å². The van der Waals surface area contributed by atoms with E-state index in [0.717, 1.165) is 16.7 Å². The number of benzene rings is 3. The van der Waals surface area contributed by atoms with Gasteiger partial charge in [-0.2, -0.15) is 13.5 Å². The van der Waals surface area contributed by atoms with Gasteiger partial charge in [0.25, 0.3) is 0 Å². The van der Waals surface area contributed by atoms with Gasteiger partial charge in [-0.05, 0) is 69.8 Å². The lowest BCUT2D eigenvalue weighted by molar-refractivity contribution is -0.121. The molecule has 0 bridgehead atoms. The van der Waals surface area contributed by atoms with E-state index in [9.17, 15) is 18.3 Å². The first-order valence-corrected chi connectivity index (χ1v) is 14.4. The topological polar surface area (TPSA) is 114 Å². The molecule has 3 rings (SSSR count). The van der Waals surface area contributed by atoms with Crippen LogP contribution in [0.3, 0.4) is 0 Å². The van der Waals surface area contributed by atoms with Crippen LogP contribution in [0.15, 0.2) is 70.7 Å². The number of rotatable bonds is 9. The molecule has 0 aliphatic rings. The molecule has 1 amide bonds. The molecular formula is C31H38N2O6S. The van der Waals surface area contributed by atoms with Crippen molar-refractivity contribution in [3.05, 3.63) is 82.9 Å². The van der Waals surface area contributed by atoms with Crippen molar-refractivity contribution in [3.8, 4) is 17.2 Å². The van der Waals surface area contributed by atoms with Crippen molar-refractivity contribution >= 4 is 22.2 Å². The lowest BCUT2D eigenvalue weighted by Gasteiger charge is -2.28. The van der Waals surface area contributed by atoms with Gasteiger partial charge in [0.15, 0.2) is 11.5 Å². The van der Waals surface area contributed by atoms with Crippen LogP contribution >= 0.6 is 0 Å². The fourth-order valence-corrected chi connectivity index (χ4v) is 5.02. The fraction of sp³-hybridized carbons (Fsp3) is 0.355. The van der Waals surface area contributed by atoms with Crippen molar-refractivity contribution in [2.45, 2.75) is 70.1 Å². The maximum absolute atomic E-state index is 12.7. The first kappa shape index (κ1) is 30.7. The normalized spacial score (nSPS) is 12.4. The predicted molar refractivity (Wildman–Crippen MR) is 157 cm³/mol. The first-order chi connectivity index (χ1) is 18.6. The predicted octanol–water partition coefficient (Wildman–Crippen LogP) is 5.85. The Morgan fingerprint density at radius 2 is 1.52 bits per heavy atom. The second kappa shape index (κ2) is 12.1. The maximum atomic E-state index is 12.7. The van der Waals surface area contributed by atoms with E-state index in [-0.39, 0.29) is 39.6 Å². The van der Waals surface area contributed by atoms with Crippen LogP contribution in [0.1, 0.15) is 70.2 Å². The number of phenols is 1. The Morgan fingerprint density at radius 3 is 2.08 bits per heavy atom. The molecule has 0 heterocycles. The Bertz CT molecular complexity index is 1450. The van der Waals surface area contributed by atoms with E-state index in [1.165, 1.54) is 31.5 Å². The molecule has 0 fully saturated rings. The molecule has 3 aromatic carbocycles. The van der Waals surface area contributed by atoms with Crippen molar-refractivity contribution < 1.29 is 27.2 Å². The summed E-state index contributed by atoms with van der Waals surface area (Å²) in [5.41, 5.74) is 5.16. The van der Waals surface area contributed by atoms with Crippen molar-refractivity contribution in [1.29, 1.82) is 0 Å². The minimum Gasteiger partial charge on any atom is -0.507 e. The monoisotopic (exact) mass is 566 g/mol. The number of carbonyl (C=O) groups is 1. The van der Waals surface area contributed by atoms with E-state index < -0.39 is 10.1 Å². The zero-order valence-electron chi connectivity index (χ0n) is 24.1. The van der Waals surface area contributed by atoms with E-state index in [1.807, 2.05) is 53.7 Å². The highest BCUT2D eigenvalue weighted by Gasteiger charge is 2.26. The molecule has 0 spiro atoms. The van der Waals surface area contributed by atoms with Gasteiger partial charge in [-0.3, -0.25) is 4.79 Å². The highest BCUT2D eigenvalue weighted by atomic mass is 32.2. The molecule has 0 aliphatic carbocycles. The third-order valence-corrected chi connectivity index (χ3v) is 7.50. The van der Waals surface area contributed by atoms with Crippen LogP contribution in [0.5, 0.6) is 17.2 Å². The minimum atomic E-state index is -4.07. The first-order valence-electron chi connectivity index (χ1n) is 13.0. The molecule has 9 heteroatoms. The summed E-state index contributed by atoms with van der Waals surface area (Å²) < 4.78 is 35.9. The lowest BCUT2D eigenvalue weighted by atomic mass is 9.78. The molecule has 214 valence electrons. The van der Waals surface area contributed by atoms with Crippen molar-refractivity contribution in [3.63, 3.8) is 0 Å². The van der Waals surface area contributed by atoms with Crippen molar-refractivity contribution in [2.75, 3.05) is 7.11 Å². The largest absolute Gasteiger partial charge is 0.507 e. The number of amides is 1. The summed E-state index contributed by atoms with van der Waals surface area (Å²) in [7, 11) is -2.66. The van der Waals surface area contributed by atoms with Gasteiger partial charge in [-0.15, -0.1) is 0 Å². The number of hydrazone groups is 1. The third kappa shape index (κ3) is 7.85. The van der Waals surface area contributed by atoms with E-state index in [2.05, 4.69) is 10.5 Å². The minimum absolute atomic E-state index is 0.00161. The number of aromatic hydroxyl groups is 1. The van der Waals surface area contributed by atoms with Crippen molar-refractivity contribution in [1.82, 2.24) is 5.43 Å². The summed E-state index contributed by atoms with van der Waals surface area (Å²) in [4.78, 5) is 12.6. The van der Waals surface area contributed by atoms with E-state index in [0.29, 0.717) is 17.7 Å². The van der Waals surface area contributed by atoms with Gasteiger partial charge in [0, 0.05) is 6.42 Å². The molecule has 2 N–H and O–H groups in total. The number of ether oxygens (including phenoxy) is 1. The molecular weight excluding hydrogens is 528 g/mol. The molecule has 0 aliphatic heterocycles. The summed E-state index contributed by atoms with van der Waals surface area (Å²) in [6.07, 6.45) is 2.07. The smallest absolute Gasteiger partial charge is 0.339 e. The van der Waals surface area contributed by atoms with E-state index in [4.69, 9.17) is 8.92 Å². The van der Waals surface area contributed by atoms with E-state index in [1.54, 1.807) is 30.3 Å². The molecule has 0 aromatic heterocycles. The Balaban J connectivity index is 1.70. The summed E-state index contributed by atoms with van der Waals surface area (Å²) in [6, 6.07) is 16.4. The molecule has 0 saturated carbocycles. The molecule has 3 aromatic rings. The number of aryl methyl sites for hydroxylation is 1. The summed E-state index contributed by atoms with van der Waals surface area (Å²) in [5.74, 6) is 0.255. The summed E-state index contributed by atoms with van der Waals surface area (Å²) >= 11 is 0. The lowest BCUT2D eigenvalue weighted by Crippen LogP contribution is -2.20. The second-order valence-corrected chi connectivity index (χ2v) is 13.1. The SMILES string of the molecule is COc1ccc(/C=N\NC(=O)CCc2cc(C(C)(C)C)c(O)c(C(C)(C)C)c2)cc1OS(=O)(=O)c1ccccc1. The second-order valence-electron chi connectivity index (χ2n) is 11.6. The van der Waals surface area contributed by atoms with Crippen LogP contribution in [-0.2, 0) is 32.2 Å². The molecule has 40 heavy (non-hydrogen) atoms. The zero-order chi connectivity index (χ0) is 29.7. The van der Waals surface area contributed by atoms with Gasteiger partial charge in [-0.25, -0.2) is 5.43 Å². The van der Waals surface area contributed by atoms with Gasteiger partial charge >= 0.3 is 10.1 Å². The van der Waals surface area contributed by atoms with Crippen LogP contribution < -0.4 is 14.3 Å². The number of phenolic OH excluding ortho intramolecular Hbond substituents is 1. The summed E-state index contributed by atoms with van der Waals surface area (Å²) in [6.45, 7) is 12.3. The number of hydrogen-bond acceptors (Lipinski definition) is 7. The molecule has 0 radical (unpaired) electrons. The molecule has 0 atom stereocenters. The van der Waals surface area contributed by atoms with Gasteiger partial charge in [0.2, 0.25) is 5.91 Å². The molecule has 0 unspecified atom stereocenters. The number of methoxy groups -OCH3 is 1. The van der Waals surface area contributed by atoms with Crippen LogP contribution in [-0.4, -0.2) is 32.8 Å². The Labute approximate surface area is 237 Å². The third-order valence-electron chi connectivity index (χ3n) is 6.25. The van der Waals surface area contributed by atoms with Gasteiger partial charge in [-0.1, -0.05) is 71.9 Å². The van der Waals surface area contributed by atoms with Crippen LogP contribution in [0.25, 0.3) is 0 Å². The quantitative estimate of drug-likeness (QED) is 0.191. The highest BCUT2D eigenvalue weighted by molar-refractivity contribution is 7.87. The Kier molecular flexibility index (Phi) is 9.30. The molecule has 0 saturated heterocycles. The standard InChI is InChI=1S/C31H38N2O6S/c1-30(2,3)24-17-21(18-25(29(24)35)31(4,5)6)14-16-28(34)33-32-20-22-13-15-26(38-7)27(19-22)39-40(36,37)23-11-9-8-10-12-23/h8-13,15,17-20,35H,14,16H2,1-7H3,(H,33,34)/b32-20-. The number of nitrogens with zero attached hydrogens (tertiary/aromatic N) is 1. The number of hydrogen-bond donors (Lipinski definition) is 2. The maximum Gasteiger partial charge on any atom is 0.339 e.